The molecule has 4 rings (SSSR count). The minimum Gasteiger partial charge on any atom is -0.454 e. The summed E-state index contributed by atoms with van der Waals surface area (Å²) in [5.74, 6) is -0.243. The Morgan fingerprint density at radius 2 is 1.66 bits per heavy atom. The van der Waals surface area contributed by atoms with Gasteiger partial charge in [-0.05, 0) is 66.7 Å². The Hall–Kier alpha value is -4.12. The van der Waals surface area contributed by atoms with E-state index in [2.05, 4.69) is 15.0 Å². The van der Waals surface area contributed by atoms with E-state index in [4.69, 9.17) is 27.9 Å². The third-order valence-electron chi connectivity index (χ3n) is 5.93. The summed E-state index contributed by atoms with van der Waals surface area (Å²) < 4.78 is 34.5. The van der Waals surface area contributed by atoms with Gasteiger partial charge in [-0.25, -0.2) is 8.42 Å². The number of pyridine rings is 1. The summed E-state index contributed by atoms with van der Waals surface area (Å²) in [6, 6.07) is 22.1. The zero-order valence-electron chi connectivity index (χ0n) is 21.9. The van der Waals surface area contributed by atoms with Crippen LogP contribution in [0.4, 0.5) is 5.69 Å². The molecule has 212 valence electrons. The molecule has 1 aromatic heterocycles. The van der Waals surface area contributed by atoms with Crippen molar-refractivity contribution in [2.45, 2.75) is 11.3 Å². The number of aromatic nitrogens is 1. The monoisotopic (exact) mass is 612 g/mol. The molecule has 0 atom stereocenters. The van der Waals surface area contributed by atoms with Gasteiger partial charge >= 0.3 is 0 Å². The van der Waals surface area contributed by atoms with E-state index in [0.29, 0.717) is 23.7 Å². The quantitative estimate of drug-likeness (QED) is 0.234. The minimum atomic E-state index is -4.04. The summed E-state index contributed by atoms with van der Waals surface area (Å²) in [7, 11) is -2.39. The van der Waals surface area contributed by atoms with Gasteiger partial charge in [0.05, 0.1) is 22.2 Å². The molecule has 0 bridgehead atoms. The van der Waals surface area contributed by atoms with Crippen LogP contribution in [0, 0.1) is 0 Å². The molecule has 0 aliphatic heterocycles. The van der Waals surface area contributed by atoms with Crippen molar-refractivity contribution >= 4 is 50.7 Å². The number of carbonyl (C=O) groups is 2. The molecule has 9 nitrogen and oxygen atoms in total. The molecule has 0 saturated carbocycles. The summed E-state index contributed by atoms with van der Waals surface area (Å²) in [5.41, 5.74) is 1.25. The van der Waals surface area contributed by atoms with Gasteiger partial charge in [0.25, 0.3) is 15.9 Å². The van der Waals surface area contributed by atoms with Gasteiger partial charge in [-0.15, -0.1) is 0 Å². The first-order chi connectivity index (χ1) is 19.6. The van der Waals surface area contributed by atoms with E-state index in [1.165, 1.54) is 35.2 Å². The molecule has 0 fully saturated rings. The number of ether oxygens (including phenoxy) is 1. The highest BCUT2D eigenvalue weighted by Crippen LogP contribution is 2.35. The molecule has 2 amide bonds. The number of carbonyl (C=O) groups excluding carboxylic acids is 2. The molecule has 0 radical (unpaired) electrons. The number of halogens is 2. The maximum atomic E-state index is 13.1. The lowest BCUT2D eigenvalue weighted by molar-refractivity contribution is -0.128. The molecule has 2 N–H and O–H groups in total. The molecule has 3 aromatic carbocycles. The summed E-state index contributed by atoms with van der Waals surface area (Å²) in [6.07, 6.45) is 2.28. The van der Waals surface area contributed by atoms with Gasteiger partial charge in [-0.3, -0.25) is 19.3 Å². The lowest BCUT2D eigenvalue weighted by Gasteiger charge is -2.17. The fraction of sp³-hybridized carbons (Fsp3) is 0.138. The molecular weight excluding hydrogens is 587 g/mol. The smallest absolute Gasteiger partial charge is 0.262 e. The van der Waals surface area contributed by atoms with Crippen LogP contribution in [0.2, 0.25) is 10.0 Å². The number of likely N-dealkylation sites (N-methyl/N-ethyl adjacent to an activating group) is 1. The van der Waals surface area contributed by atoms with Gasteiger partial charge in [0, 0.05) is 42.5 Å². The van der Waals surface area contributed by atoms with Gasteiger partial charge < -0.3 is 15.0 Å². The van der Waals surface area contributed by atoms with Gasteiger partial charge in [0.1, 0.15) is 5.75 Å². The first-order valence-electron chi connectivity index (χ1n) is 12.4. The average Bonchev–Trinajstić information content (AvgIpc) is 2.97. The molecule has 0 unspecified atom stereocenters. The van der Waals surface area contributed by atoms with E-state index in [1.54, 1.807) is 49.6 Å². The van der Waals surface area contributed by atoms with Crippen LogP contribution in [0.5, 0.6) is 11.5 Å². The fourth-order valence-electron chi connectivity index (χ4n) is 3.65. The van der Waals surface area contributed by atoms with Crippen molar-refractivity contribution in [3.05, 3.63) is 112 Å². The number of nitrogens with zero attached hydrogens (tertiary/aromatic N) is 2. The Morgan fingerprint density at radius 3 is 2.37 bits per heavy atom. The van der Waals surface area contributed by atoms with E-state index in [-0.39, 0.29) is 39.4 Å². The summed E-state index contributed by atoms with van der Waals surface area (Å²) in [5, 5.41) is 3.27. The van der Waals surface area contributed by atoms with Gasteiger partial charge in [-0.1, -0.05) is 41.4 Å². The van der Waals surface area contributed by atoms with Crippen molar-refractivity contribution in [1.29, 1.82) is 0 Å². The molecule has 0 aliphatic rings. The number of sulfonamides is 1. The van der Waals surface area contributed by atoms with Gasteiger partial charge in [0.15, 0.2) is 5.75 Å². The lowest BCUT2D eigenvalue weighted by atomic mass is 10.2. The number of nitrogens with one attached hydrogen (secondary N) is 2. The fourth-order valence-corrected chi connectivity index (χ4v) is 5.17. The predicted molar refractivity (Wildman–Crippen MR) is 158 cm³/mol. The van der Waals surface area contributed by atoms with E-state index < -0.39 is 15.9 Å². The summed E-state index contributed by atoms with van der Waals surface area (Å²) >= 11 is 12.1. The van der Waals surface area contributed by atoms with Gasteiger partial charge in [-0.2, -0.15) is 0 Å². The van der Waals surface area contributed by atoms with Crippen LogP contribution in [-0.2, 0) is 21.2 Å². The van der Waals surface area contributed by atoms with E-state index in [9.17, 15) is 18.0 Å². The largest absolute Gasteiger partial charge is 0.454 e. The van der Waals surface area contributed by atoms with Crippen molar-refractivity contribution in [2.75, 3.05) is 24.9 Å². The number of anilines is 1. The van der Waals surface area contributed by atoms with E-state index in [0.717, 1.165) is 5.69 Å². The molecule has 41 heavy (non-hydrogen) atoms. The number of hydrogen-bond donors (Lipinski definition) is 2. The SMILES string of the molecule is CN(CCc1ccccn1)C(=O)CNC(=O)c1ccc(S(=O)(=O)Nc2ccccc2Oc2ccc(Cl)cc2Cl)cc1. The van der Waals surface area contributed by atoms with Crippen LogP contribution in [-0.4, -0.2) is 50.3 Å². The maximum Gasteiger partial charge on any atom is 0.262 e. The summed E-state index contributed by atoms with van der Waals surface area (Å²) in [6.45, 7) is 0.250. The minimum absolute atomic E-state index is 0.0706. The second kappa shape index (κ2) is 13.5. The molecular formula is C29H26Cl2N4O5S. The third kappa shape index (κ3) is 8.20. The Labute approximate surface area is 248 Å². The van der Waals surface area contributed by atoms with Crippen molar-refractivity contribution in [2.24, 2.45) is 0 Å². The van der Waals surface area contributed by atoms with Gasteiger partial charge in [0.2, 0.25) is 5.91 Å². The zero-order valence-corrected chi connectivity index (χ0v) is 24.2. The number of benzene rings is 3. The number of para-hydroxylation sites is 2. The molecule has 4 aromatic rings. The first-order valence-corrected chi connectivity index (χ1v) is 14.6. The highest BCUT2D eigenvalue weighted by molar-refractivity contribution is 7.92. The Kier molecular flexibility index (Phi) is 9.82. The number of hydrogen-bond acceptors (Lipinski definition) is 6. The highest BCUT2D eigenvalue weighted by atomic mass is 35.5. The summed E-state index contributed by atoms with van der Waals surface area (Å²) in [4.78, 5) is 30.7. The number of amides is 2. The van der Waals surface area contributed by atoms with Crippen molar-refractivity contribution in [3.8, 4) is 11.5 Å². The van der Waals surface area contributed by atoms with Crippen molar-refractivity contribution in [1.82, 2.24) is 15.2 Å². The lowest BCUT2D eigenvalue weighted by Crippen LogP contribution is -2.39. The van der Waals surface area contributed by atoms with E-state index >= 15 is 0 Å². The zero-order chi connectivity index (χ0) is 29.4. The molecule has 0 saturated heterocycles. The van der Waals surface area contributed by atoms with Crippen LogP contribution >= 0.6 is 23.2 Å². The van der Waals surface area contributed by atoms with E-state index in [1.807, 2.05) is 18.2 Å². The second-order valence-electron chi connectivity index (χ2n) is 8.87. The standard InChI is InChI=1S/C29H26Cl2N4O5S/c1-35(17-15-22-6-4-5-16-32-22)28(36)19-33-29(37)20-9-12-23(13-10-20)41(38,39)34-25-7-2-3-8-27(25)40-26-14-11-21(30)18-24(26)31/h2-14,16,18,34H,15,17,19H2,1H3,(H,33,37). The third-order valence-corrected chi connectivity index (χ3v) is 7.84. The second-order valence-corrected chi connectivity index (χ2v) is 11.4. The van der Waals surface area contributed by atoms with Crippen LogP contribution in [0.3, 0.4) is 0 Å². The predicted octanol–water partition coefficient (Wildman–Crippen LogP) is 5.41. The molecule has 1 heterocycles. The Bertz CT molecular complexity index is 1640. The molecule has 12 heteroatoms. The van der Waals surface area contributed by atoms with Crippen LogP contribution in [0.15, 0.2) is 96.0 Å². The van der Waals surface area contributed by atoms with Crippen LogP contribution < -0.4 is 14.8 Å². The Balaban J connectivity index is 1.35. The Morgan fingerprint density at radius 1 is 0.927 bits per heavy atom. The van der Waals surface area contributed by atoms with Crippen molar-refractivity contribution < 1.29 is 22.7 Å². The normalized spacial score (nSPS) is 11.0. The maximum absolute atomic E-state index is 13.1. The number of rotatable bonds is 11. The van der Waals surface area contributed by atoms with Crippen LogP contribution in [0.25, 0.3) is 0 Å². The van der Waals surface area contributed by atoms with Crippen LogP contribution in [0.1, 0.15) is 16.1 Å². The molecule has 0 spiro atoms. The first kappa shape index (κ1) is 29.9. The molecule has 0 aliphatic carbocycles. The average molecular weight is 614 g/mol. The van der Waals surface area contributed by atoms with Crippen molar-refractivity contribution in [3.63, 3.8) is 0 Å². The highest BCUT2D eigenvalue weighted by Gasteiger charge is 2.19. The topological polar surface area (TPSA) is 118 Å².